The summed E-state index contributed by atoms with van der Waals surface area (Å²) in [6.45, 7) is 4.92. The molecular weight excluding hydrogens is 524 g/mol. The van der Waals surface area contributed by atoms with Crippen molar-refractivity contribution in [2.45, 2.75) is 85.2 Å². The van der Waals surface area contributed by atoms with Crippen LogP contribution in [0.5, 0.6) is 0 Å². The Balaban J connectivity index is 1.52. The van der Waals surface area contributed by atoms with Crippen LogP contribution >= 0.6 is 23.5 Å². The van der Waals surface area contributed by atoms with Gasteiger partial charge >= 0.3 is 0 Å². The van der Waals surface area contributed by atoms with Crippen LogP contribution in [0.15, 0.2) is 47.9 Å². The predicted octanol–water partition coefficient (Wildman–Crippen LogP) is 2.06. The maximum atomic E-state index is 13.4. The lowest BCUT2D eigenvalue weighted by Gasteiger charge is -2.44. The Kier molecular flexibility index (Phi) is 10.4. The monoisotopic (exact) mass is 562 g/mol. The number of thioether (sulfide) groups is 2. The third kappa shape index (κ3) is 6.88. The van der Waals surface area contributed by atoms with Crippen molar-refractivity contribution < 1.29 is 24.9 Å². The fourth-order valence-electron chi connectivity index (χ4n) is 5.20. The van der Waals surface area contributed by atoms with E-state index >= 15 is 0 Å². The van der Waals surface area contributed by atoms with Crippen LogP contribution in [0, 0.1) is 5.92 Å². The summed E-state index contributed by atoms with van der Waals surface area (Å²) in [6, 6.07) is 7.05. The molecule has 3 heterocycles. The van der Waals surface area contributed by atoms with E-state index in [4.69, 9.17) is 4.74 Å². The summed E-state index contributed by atoms with van der Waals surface area (Å²) in [4.78, 5) is 22.5. The molecule has 2 aliphatic rings. The maximum absolute atomic E-state index is 13.4. The van der Waals surface area contributed by atoms with Gasteiger partial charge in [0.2, 0.25) is 5.91 Å². The summed E-state index contributed by atoms with van der Waals surface area (Å²) in [5, 5.41) is 38.1. The van der Waals surface area contributed by atoms with E-state index in [1.807, 2.05) is 31.2 Å². The van der Waals surface area contributed by atoms with Gasteiger partial charge in [-0.2, -0.15) is 0 Å². The molecule has 5 N–H and O–H groups in total. The van der Waals surface area contributed by atoms with Gasteiger partial charge in [0.15, 0.2) is 0 Å². The van der Waals surface area contributed by atoms with Crippen molar-refractivity contribution in [2.24, 2.45) is 5.92 Å². The molecule has 208 valence electrons. The van der Waals surface area contributed by atoms with Crippen molar-refractivity contribution in [1.29, 1.82) is 0 Å². The minimum atomic E-state index is -1.38. The van der Waals surface area contributed by atoms with Crippen LogP contribution < -0.4 is 10.6 Å². The first-order valence-corrected chi connectivity index (χ1v) is 15.3. The van der Waals surface area contributed by atoms with Crippen LogP contribution in [0.2, 0.25) is 0 Å². The van der Waals surface area contributed by atoms with E-state index in [1.54, 1.807) is 30.4 Å². The number of aromatic nitrogens is 2. The fourth-order valence-corrected chi connectivity index (χ4v) is 6.97. The van der Waals surface area contributed by atoms with Gasteiger partial charge in [-0.05, 0) is 49.3 Å². The highest BCUT2D eigenvalue weighted by molar-refractivity contribution is 8.00. The molecule has 0 spiro atoms. The van der Waals surface area contributed by atoms with Crippen molar-refractivity contribution in [2.75, 3.05) is 12.8 Å². The summed E-state index contributed by atoms with van der Waals surface area (Å²) < 4.78 is 6.09. The lowest BCUT2D eigenvalue weighted by Crippen LogP contribution is -2.65. The molecule has 1 aromatic carbocycles. The number of ether oxygens (including phenoxy) is 1. The Hall–Kier alpha value is -1.73. The quantitative estimate of drug-likeness (QED) is 0.274. The Morgan fingerprint density at radius 1 is 1.13 bits per heavy atom. The first-order chi connectivity index (χ1) is 18.3. The molecule has 0 bridgehead atoms. The molecule has 9 nitrogen and oxygen atoms in total. The van der Waals surface area contributed by atoms with Gasteiger partial charge in [0.25, 0.3) is 0 Å². The molecule has 5 unspecified atom stereocenters. The molecule has 0 radical (unpaired) electrons. The van der Waals surface area contributed by atoms with Gasteiger partial charge in [-0.15, -0.1) is 23.5 Å². The second kappa shape index (κ2) is 13.6. The largest absolute Gasteiger partial charge is 0.388 e. The SMILES string of the molecule is CCC[C@H]1CN[C@H](C(=O)N[C@@H](C2OC(SC)C(O)C(O)C2O)[C@H](C)Sc2ccc(-c3cncnc3)cc2)C1. The molecule has 11 heteroatoms. The highest BCUT2D eigenvalue weighted by Gasteiger charge is 2.48. The average molecular weight is 563 g/mol. The molecule has 38 heavy (non-hydrogen) atoms. The molecule has 0 aliphatic carbocycles. The highest BCUT2D eigenvalue weighted by Crippen LogP contribution is 2.34. The van der Waals surface area contributed by atoms with Gasteiger partial charge < -0.3 is 30.7 Å². The number of hydrogen-bond acceptors (Lipinski definition) is 10. The number of nitrogens with one attached hydrogen (secondary N) is 2. The third-order valence-electron chi connectivity index (χ3n) is 7.31. The molecule has 2 saturated heterocycles. The highest BCUT2D eigenvalue weighted by atomic mass is 32.2. The Morgan fingerprint density at radius 3 is 2.50 bits per heavy atom. The van der Waals surface area contributed by atoms with Crippen molar-refractivity contribution in [1.82, 2.24) is 20.6 Å². The zero-order chi connectivity index (χ0) is 27.2. The van der Waals surface area contributed by atoms with Crippen molar-refractivity contribution in [3.8, 4) is 11.1 Å². The second-order valence-electron chi connectivity index (χ2n) is 10.0. The van der Waals surface area contributed by atoms with Gasteiger partial charge in [0, 0.05) is 28.1 Å². The smallest absolute Gasteiger partial charge is 0.237 e. The van der Waals surface area contributed by atoms with Crippen molar-refractivity contribution in [3.63, 3.8) is 0 Å². The first-order valence-electron chi connectivity index (χ1n) is 13.1. The van der Waals surface area contributed by atoms with E-state index in [0.717, 1.165) is 41.8 Å². The number of aliphatic hydroxyl groups excluding tert-OH is 3. The molecule has 2 aliphatic heterocycles. The Morgan fingerprint density at radius 2 is 1.84 bits per heavy atom. The van der Waals surface area contributed by atoms with E-state index < -0.39 is 35.9 Å². The number of nitrogens with zero attached hydrogens (tertiary/aromatic N) is 2. The molecular formula is C27H38N4O5S2. The summed E-state index contributed by atoms with van der Waals surface area (Å²) in [5.41, 5.74) is 1.19. The van der Waals surface area contributed by atoms with Gasteiger partial charge in [0.05, 0.1) is 12.1 Å². The van der Waals surface area contributed by atoms with Crippen LogP contribution in [0.3, 0.4) is 0 Å². The van der Waals surface area contributed by atoms with E-state index in [9.17, 15) is 20.1 Å². The maximum Gasteiger partial charge on any atom is 0.237 e. The average Bonchev–Trinajstić information content (AvgIpc) is 3.41. The van der Waals surface area contributed by atoms with Crippen molar-refractivity contribution >= 4 is 29.4 Å². The zero-order valence-electron chi connectivity index (χ0n) is 21.9. The summed E-state index contributed by atoms with van der Waals surface area (Å²) in [5.74, 6) is 0.321. The summed E-state index contributed by atoms with van der Waals surface area (Å²) >= 11 is 2.81. The van der Waals surface area contributed by atoms with Gasteiger partial charge in [-0.25, -0.2) is 9.97 Å². The number of benzene rings is 1. The lowest BCUT2D eigenvalue weighted by molar-refractivity contribution is -0.205. The first kappa shape index (κ1) is 29.3. The zero-order valence-corrected chi connectivity index (χ0v) is 23.6. The van der Waals surface area contributed by atoms with Crippen LogP contribution in [-0.2, 0) is 9.53 Å². The number of carbonyl (C=O) groups is 1. The van der Waals surface area contributed by atoms with Crippen LogP contribution in [0.25, 0.3) is 11.1 Å². The minimum absolute atomic E-state index is 0.141. The Labute approximate surface area is 232 Å². The summed E-state index contributed by atoms with van der Waals surface area (Å²) in [6.07, 6.45) is 4.84. The minimum Gasteiger partial charge on any atom is -0.388 e. The Bertz CT molecular complexity index is 1030. The lowest BCUT2D eigenvalue weighted by atomic mass is 9.92. The normalized spacial score (nSPS) is 31.1. The predicted molar refractivity (Wildman–Crippen MR) is 150 cm³/mol. The molecule has 0 saturated carbocycles. The van der Waals surface area contributed by atoms with Crippen LogP contribution in [0.1, 0.15) is 33.1 Å². The molecule has 4 rings (SSSR count). The molecule has 1 amide bonds. The number of carbonyl (C=O) groups excluding carboxylic acids is 1. The van der Waals surface area contributed by atoms with Crippen LogP contribution in [0.4, 0.5) is 0 Å². The van der Waals surface area contributed by atoms with E-state index in [1.165, 1.54) is 18.1 Å². The fraction of sp³-hybridized carbons (Fsp3) is 0.593. The topological polar surface area (TPSA) is 137 Å². The standard InChI is InChI=1S/C27H38N4O5S2/c1-4-5-16-10-20(30-11-16)26(35)31-21(25-23(33)22(32)24(34)27(36-25)37-3)15(2)38-19-8-6-17(7-9-19)18-12-28-14-29-13-18/h6-9,12-16,20-25,27,30,32-34H,4-5,10-11H2,1-3H3,(H,31,35)/t15-,16+,20-,21+,22?,23?,24?,25?,27?/m0/s1. The van der Waals surface area contributed by atoms with E-state index in [2.05, 4.69) is 27.5 Å². The summed E-state index contributed by atoms with van der Waals surface area (Å²) in [7, 11) is 0. The third-order valence-corrected chi connectivity index (χ3v) is 9.38. The van der Waals surface area contributed by atoms with Crippen molar-refractivity contribution in [3.05, 3.63) is 43.0 Å². The van der Waals surface area contributed by atoms with E-state index in [0.29, 0.717) is 5.92 Å². The molecule has 1 aromatic heterocycles. The second-order valence-corrected chi connectivity index (χ2v) is 12.4. The number of rotatable bonds is 10. The number of amides is 1. The van der Waals surface area contributed by atoms with Gasteiger partial charge in [-0.3, -0.25) is 4.79 Å². The van der Waals surface area contributed by atoms with Gasteiger partial charge in [0.1, 0.15) is 36.2 Å². The number of aliphatic hydroxyl groups is 3. The van der Waals surface area contributed by atoms with Crippen LogP contribution in [-0.4, -0.2) is 91.2 Å². The number of hydrogen-bond donors (Lipinski definition) is 5. The van der Waals surface area contributed by atoms with E-state index in [-0.39, 0.29) is 17.2 Å². The molecule has 9 atom stereocenters. The molecule has 2 fully saturated rings. The molecule has 2 aromatic rings. The van der Waals surface area contributed by atoms with Gasteiger partial charge in [-0.1, -0.05) is 32.4 Å².